The average molecular weight is 349 g/mol. The summed E-state index contributed by atoms with van der Waals surface area (Å²) in [7, 11) is 0. The number of anilines is 1. The fraction of sp³-hybridized carbons (Fsp3) is 0.556. The lowest BCUT2D eigenvalue weighted by molar-refractivity contribution is 0.132. The second kappa shape index (κ2) is 6.36. The fourth-order valence-corrected chi connectivity index (χ4v) is 4.24. The minimum absolute atomic E-state index is 0.0931. The molecule has 4 aliphatic rings. The number of rotatable bonds is 2. The molecule has 1 aromatic rings. The van der Waals surface area contributed by atoms with Crippen molar-refractivity contribution in [2.24, 2.45) is 22.2 Å². The minimum atomic E-state index is -0.378. The molecule has 128 valence electrons. The SMILES string of the molecule is CC1CC=C2C[C@H]3N=NN(CCC2Nc2cccc(Cl)c2F)C[C@@H]13. The van der Waals surface area contributed by atoms with Gasteiger partial charge < -0.3 is 5.32 Å². The maximum Gasteiger partial charge on any atom is 0.164 e. The van der Waals surface area contributed by atoms with Crippen molar-refractivity contribution in [3.8, 4) is 0 Å². The predicted octanol–water partition coefficient (Wildman–Crippen LogP) is 4.69. The van der Waals surface area contributed by atoms with Gasteiger partial charge in [0, 0.05) is 25.0 Å². The zero-order valence-corrected chi connectivity index (χ0v) is 14.5. The van der Waals surface area contributed by atoms with Gasteiger partial charge in [0.25, 0.3) is 0 Å². The summed E-state index contributed by atoms with van der Waals surface area (Å²) in [5, 5.41) is 14.6. The molecule has 24 heavy (non-hydrogen) atoms. The van der Waals surface area contributed by atoms with Crippen molar-refractivity contribution in [1.82, 2.24) is 5.01 Å². The molecule has 4 atom stereocenters. The molecule has 1 saturated heterocycles. The summed E-state index contributed by atoms with van der Waals surface area (Å²) in [6.07, 6.45) is 5.18. The van der Waals surface area contributed by atoms with Crippen LogP contribution in [0.3, 0.4) is 0 Å². The number of hydrogen-bond acceptors (Lipinski definition) is 4. The standard InChI is InChI=1S/C18H22ClFN4/c1-11-5-6-12-9-17-13(11)10-24(23-22-17)8-7-15(12)21-16-4-2-3-14(19)18(16)20/h2-4,6,11,13,15,17,21H,5,7-10H2,1H3/t11?,13-,15?,17+/m0/s1. The molecule has 0 amide bonds. The van der Waals surface area contributed by atoms with Crippen molar-refractivity contribution < 1.29 is 4.39 Å². The molecule has 1 N–H and O–H groups in total. The molecular formula is C18H22ClFN4. The van der Waals surface area contributed by atoms with Crippen LogP contribution < -0.4 is 5.32 Å². The van der Waals surface area contributed by atoms with Gasteiger partial charge in [-0.1, -0.05) is 35.9 Å². The van der Waals surface area contributed by atoms with Crippen molar-refractivity contribution in [3.05, 3.63) is 40.7 Å². The van der Waals surface area contributed by atoms with Gasteiger partial charge in [0.1, 0.15) is 0 Å². The Hall–Kier alpha value is -1.62. The van der Waals surface area contributed by atoms with E-state index in [1.807, 2.05) is 0 Å². The third-order valence-electron chi connectivity index (χ3n) is 5.57. The van der Waals surface area contributed by atoms with Crippen molar-refractivity contribution in [1.29, 1.82) is 0 Å². The molecule has 3 heterocycles. The van der Waals surface area contributed by atoms with Crippen LogP contribution in [0, 0.1) is 17.7 Å². The summed E-state index contributed by atoms with van der Waals surface area (Å²) in [4.78, 5) is 0. The van der Waals surface area contributed by atoms with E-state index >= 15 is 0 Å². The van der Waals surface area contributed by atoms with Crippen LogP contribution in [-0.2, 0) is 0 Å². The first kappa shape index (κ1) is 15.9. The maximum absolute atomic E-state index is 14.3. The van der Waals surface area contributed by atoms with Crippen LogP contribution >= 0.6 is 11.6 Å². The third kappa shape index (κ3) is 2.90. The Morgan fingerprint density at radius 3 is 3.12 bits per heavy atom. The van der Waals surface area contributed by atoms with Gasteiger partial charge >= 0.3 is 0 Å². The van der Waals surface area contributed by atoms with Crippen LogP contribution in [0.5, 0.6) is 0 Å². The Kier molecular flexibility index (Phi) is 4.21. The second-order valence-electron chi connectivity index (χ2n) is 7.13. The highest BCUT2D eigenvalue weighted by atomic mass is 35.5. The Labute approximate surface area is 146 Å². The summed E-state index contributed by atoms with van der Waals surface area (Å²) in [5.41, 5.74) is 1.80. The van der Waals surface area contributed by atoms with Gasteiger partial charge in [-0.25, -0.2) is 4.39 Å². The number of allylic oxidation sites excluding steroid dienone is 1. The topological polar surface area (TPSA) is 40.0 Å². The second-order valence-corrected chi connectivity index (χ2v) is 7.54. The average Bonchev–Trinajstić information content (AvgIpc) is 2.65. The van der Waals surface area contributed by atoms with E-state index in [1.165, 1.54) is 5.57 Å². The molecule has 1 fully saturated rings. The predicted molar refractivity (Wildman–Crippen MR) is 93.6 cm³/mol. The highest BCUT2D eigenvalue weighted by Crippen LogP contribution is 2.37. The summed E-state index contributed by atoms with van der Waals surface area (Å²) >= 11 is 5.93. The number of fused-ring (bicyclic) bond motifs is 2. The van der Waals surface area contributed by atoms with Gasteiger partial charge in [-0.3, -0.25) is 5.01 Å². The molecule has 4 bridgehead atoms. The summed E-state index contributed by atoms with van der Waals surface area (Å²) in [5.74, 6) is 0.769. The van der Waals surface area contributed by atoms with E-state index in [4.69, 9.17) is 11.6 Å². The molecule has 6 heteroatoms. The molecular weight excluding hydrogens is 327 g/mol. The zero-order valence-electron chi connectivity index (χ0n) is 13.8. The third-order valence-corrected chi connectivity index (χ3v) is 5.87. The first-order chi connectivity index (χ1) is 11.6. The lowest BCUT2D eigenvalue weighted by Gasteiger charge is -2.34. The molecule has 1 aliphatic carbocycles. The Bertz CT molecular complexity index is 690. The highest BCUT2D eigenvalue weighted by molar-refractivity contribution is 6.31. The fourth-order valence-electron chi connectivity index (χ4n) is 4.07. The number of hydrogen-bond donors (Lipinski definition) is 1. The van der Waals surface area contributed by atoms with Crippen LogP contribution in [0.25, 0.3) is 0 Å². The van der Waals surface area contributed by atoms with Crippen LogP contribution in [0.15, 0.2) is 40.2 Å². The largest absolute Gasteiger partial charge is 0.376 e. The molecule has 1 aromatic carbocycles. The first-order valence-electron chi connectivity index (χ1n) is 8.67. The zero-order chi connectivity index (χ0) is 16.7. The van der Waals surface area contributed by atoms with E-state index in [9.17, 15) is 4.39 Å². The maximum atomic E-state index is 14.3. The van der Waals surface area contributed by atoms with Gasteiger partial charge in [-0.05, 0) is 42.9 Å². The van der Waals surface area contributed by atoms with Crippen LogP contribution in [0.2, 0.25) is 5.02 Å². The number of nitrogens with one attached hydrogen (secondary N) is 1. The lowest BCUT2D eigenvalue weighted by atomic mass is 9.85. The van der Waals surface area contributed by atoms with E-state index in [1.54, 1.807) is 18.2 Å². The van der Waals surface area contributed by atoms with Crippen molar-refractivity contribution in [2.75, 3.05) is 18.4 Å². The highest BCUT2D eigenvalue weighted by Gasteiger charge is 2.37. The van der Waals surface area contributed by atoms with Crippen LogP contribution in [-0.4, -0.2) is 30.2 Å². The normalized spacial score (nSPS) is 32.0. The Morgan fingerprint density at radius 1 is 1.38 bits per heavy atom. The van der Waals surface area contributed by atoms with Crippen LogP contribution in [0.1, 0.15) is 26.2 Å². The first-order valence-corrected chi connectivity index (χ1v) is 9.05. The quantitative estimate of drug-likeness (QED) is 0.788. The lowest BCUT2D eigenvalue weighted by Crippen LogP contribution is -2.38. The molecule has 0 aromatic heterocycles. The van der Waals surface area contributed by atoms with Gasteiger partial charge in [0.2, 0.25) is 0 Å². The molecule has 4 nitrogen and oxygen atoms in total. The van der Waals surface area contributed by atoms with Crippen molar-refractivity contribution >= 4 is 17.3 Å². The van der Waals surface area contributed by atoms with Crippen LogP contribution in [0.4, 0.5) is 10.1 Å². The summed E-state index contributed by atoms with van der Waals surface area (Å²) in [6.45, 7) is 4.11. The molecule has 2 unspecified atom stereocenters. The van der Waals surface area contributed by atoms with Crippen molar-refractivity contribution in [2.45, 2.75) is 38.3 Å². The Balaban J connectivity index is 1.65. The van der Waals surface area contributed by atoms with E-state index < -0.39 is 0 Å². The molecule has 0 radical (unpaired) electrons. The monoisotopic (exact) mass is 348 g/mol. The van der Waals surface area contributed by atoms with Gasteiger partial charge in [0.15, 0.2) is 5.82 Å². The van der Waals surface area contributed by atoms with E-state index in [0.29, 0.717) is 17.5 Å². The summed E-state index contributed by atoms with van der Waals surface area (Å²) in [6, 6.07) is 5.44. The Morgan fingerprint density at radius 2 is 2.25 bits per heavy atom. The van der Waals surface area contributed by atoms with Gasteiger partial charge in [0.05, 0.1) is 16.8 Å². The van der Waals surface area contributed by atoms with E-state index in [2.05, 4.69) is 33.7 Å². The minimum Gasteiger partial charge on any atom is -0.376 e. The smallest absolute Gasteiger partial charge is 0.164 e. The van der Waals surface area contributed by atoms with Gasteiger partial charge in [-0.2, -0.15) is 5.11 Å². The van der Waals surface area contributed by atoms with Gasteiger partial charge in [-0.15, -0.1) is 0 Å². The number of nitrogens with zero attached hydrogens (tertiary/aromatic N) is 3. The number of benzene rings is 1. The molecule has 3 aliphatic heterocycles. The molecule has 0 saturated carbocycles. The van der Waals surface area contributed by atoms with E-state index in [0.717, 1.165) is 32.4 Å². The number of halogens is 2. The molecule has 5 rings (SSSR count). The van der Waals surface area contributed by atoms with Crippen molar-refractivity contribution in [3.63, 3.8) is 0 Å². The molecule has 0 spiro atoms. The summed E-state index contributed by atoms with van der Waals surface area (Å²) < 4.78 is 14.3. The van der Waals surface area contributed by atoms with E-state index in [-0.39, 0.29) is 22.9 Å².